The number of rotatable bonds is 6. The lowest BCUT2D eigenvalue weighted by molar-refractivity contribution is -0.155. The average Bonchev–Trinajstić information content (AvgIpc) is 2.76. The molecule has 0 aromatic heterocycles. The molecule has 1 heterocycles. The van der Waals surface area contributed by atoms with Gasteiger partial charge in [0.2, 0.25) is 15.9 Å². The average molecular weight is 491 g/mol. The van der Waals surface area contributed by atoms with E-state index in [1.54, 1.807) is 6.92 Å². The molecule has 1 N–H and O–H groups in total. The summed E-state index contributed by atoms with van der Waals surface area (Å²) >= 11 is 12.0. The summed E-state index contributed by atoms with van der Waals surface area (Å²) in [6.45, 7) is 2.39. The van der Waals surface area contributed by atoms with Crippen LogP contribution in [-0.4, -0.2) is 49.8 Å². The van der Waals surface area contributed by atoms with Crippen LogP contribution in [0.1, 0.15) is 51.9 Å². The van der Waals surface area contributed by atoms with E-state index in [-0.39, 0.29) is 52.4 Å². The molecule has 172 valence electrons. The summed E-state index contributed by atoms with van der Waals surface area (Å²) in [5, 5.41) is 3.36. The molecule has 1 saturated heterocycles. The van der Waals surface area contributed by atoms with Crippen molar-refractivity contribution in [2.45, 2.75) is 62.3 Å². The van der Waals surface area contributed by atoms with E-state index in [0.717, 1.165) is 19.3 Å². The molecular weight excluding hydrogens is 463 g/mol. The predicted molar refractivity (Wildman–Crippen MR) is 119 cm³/mol. The number of hydrogen-bond acceptors (Lipinski definition) is 5. The highest BCUT2D eigenvalue weighted by Crippen LogP contribution is 2.33. The van der Waals surface area contributed by atoms with Crippen LogP contribution in [0.3, 0.4) is 0 Å². The van der Waals surface area contributed by atoms with Crippen LogP contribution < -0.4 is 5.32 Å². The second-order valence-corrected chi connectivity index (χ2v) is 10.9. The van der Waals surface area contributed by atoms with Gasteiger partial charge in [-0.1, -0.05) is 42.5 Å². The zero-order valence-electron chi connectivity index (χ0n) is 17.5. The van der Waals surface area contributed by atoms with Crippen molar-refractivity contribution < 1.29 is 22.7 Å². The molecule has 7 nitrogen and oxygen atoms in total. The number of esters is 1. The summed E-state index contributed by atoms with van der Waals surface area (Å²) < 4.78 is 32.5. The molecule has 1 amide bonds. The smallest absolute Gasteiger partial charge is 0.331 e. The van der Waals surface area contributed by atoms with Gasteiger partial charge in [-0.2, -0.15) is 4.31 Å². The van der Waals surface area contributed by atoms with Gasteiger partial charge >= 0.3 is 5.97 Å². The van der Waals surface area contributed by atoms with Crippen LogP contribution in [0.2, 0.25) is 10.0 Å². The van der Waals surface area contributed by atoms with Crippen molar-refractivity contribution in [1.29, 1.82) is 0 Å². The third-order valence-electron chi connectivity index (χ3n) is 6.07. The number of halogens is 2. The van der Waals surface area contributed by atoms with Gasteiger partial charge in [0.25, 0.3) is 0 Å². The summed E-state index contributed by atoms with van der Waals surface area (Å²) in [5.41, 5.74) is -0.969. The fourth-order valence-corrected chi connectivity index (χ4v) is 6.52. The Morgan fingerprint density at radius 3 is 2.42 bits per heavy atom. The van der Waals surface area contributed by atoms with E-state index in [0.29, 0.717) is 25.7 Å². The van der Waals surface area contributed by atoms with Gasteiger partial charge in [-0.15, -0.1) is 0 Å². The minimum atomic E-state index is -3.81. The molecule has 1 aromatic carbocycles. The number of hydrogen-bond donors (Lipinski definition) is 1. The Bertz CT molecular complexity index is 924. The van der Waals surface area contributed by atoms with E-state index in [2.05, 4.69) is 5.32 Å². The molecule has 31 heavy (non-hydrogen) atoms. The van der Waals surface area contributed by atoms with Crippen LogP contribution in [0, 0.1) is 5.92 Å². The molecule has 0 atom stereocenters. The summed E-state index contributed by atoms with van der Waals surface area (Å²) in [4.78, 5) is 25.5. The first-order valence-electron chi connectivity index (χ1n) is 10.6. The lowest BCUT2D eigenvalue weighted by Gasteiger charge is -2.38. The lowest BCUT2D eigenvalue weighted by Crippen LogP contribution is -2.58. The second kappa shape index (κ2) is 10.1. The highest BCUT2D eigenvalue weighted by atomic mass is 35.5. The van der Waals surface area contributed by atoms with Gasteiger partial charge in [-0.3, -0.25) is 4.79 Å². The van der Waals surface area contributed by atoms with Crippen molar-refractivity contribution in [3.63, 3.8) is 0 Å². The molecule has 1 aliphatic carbocycles. The first-order chi connectivity index (χ1) is 14.7. The number of ether oxygens (including phenoxy) is 1. The van der Waals surface area contributed by atoms with E-state index in [1.807, 2.05) is 0 Å². The van der Waals surface area contributed by atoms with Crippen molar-refractivity contribution in [1.82, 2.24) is 9.62 Å². The molecule has 2 fully saturated rings. The van der Waals surface area contributed by atoms with E-state index >= 15 is 0 Å². The van der Waals surface area contributed by atoms with Crippen molar-refractivity contribution in [3.05, 3.63) is 28.2 Å². The fourth-order valence-electron chi connectivity index (χ4n) is 4.31. The SMILES string of the molecule is CCOC(=O)C1(NC(=O)C2CCN(S(=O)(=O)c3cc(Cl)ccc3Cl)CC2)CCCCC1. The molecular formula is C21H28Cl2N2O5S. The third kappa shape index (κ3) is 5.35. The Morgan fingerprint density at radius 1 is 1.16 bits per heavy atom. The Hall–Kier alpha value is -1.35. The molecule has 1 aromatic rings. The molecule has 1 aliphatic heterocycles. The summed E-state index contributed by atoms with van der Waals surface area (Å²) in [5.74, 6) is -0.957. The quantitative estimate of drug-likeness (QED) is 0.612. The van der Waals surface area contributed by atoms with Crippen molar-refractivity contribution in [2.75, 3.05) is 19.7 Å². The molecule has 2 aliphatic rings. The Balaban J connectivity index is 1.66. The Kier molecular flexibility index (Phi) is 7.89. The van der Waals surface area contributed by atoms with Crippen molar-refractivity contribution in [3.8, 4) is 0 Å². The maximum absolute atomic E-state index is 13.0. The molecule has 0 bridgehead atoms. The fraction of sp³-hybridized carbons (Fsp3) is 0.619. The number of sulfonamides is 1. The minimum absolute atomic E-state index is 0.0342. The number of carbonyl (C=O) groups is 2. The minimum Gasteiger partial charge on any atom is -0.464 e. The summed E-state index contributed by atoms with van der Waals surface area (Å²) in [7, 11) is -3.81. The largest absolute Gasteiger partial charge is 0.464 e. The number of piperidine rings is 1. The standard InChI is InChI=1S/C21H28Cl2N2O5S/c1-2-30-20(27)21(10-4-3-5-11-21)24-19(26)15-8-12-25(13-9-15)31(28,29)18-14-16(22)6-7-17(18)23/h6-7,14-15H,2-5,8-13H2,1H3,(H,24,26). The van der Waals surface area contributed by atoms with Gasteiger partial charge in [-0.25, -0.2) is 13.2 Å². The zero-order chi connectivity index (χ0) is 22.6. The molecule has 10 heteroatoms. The monoisotopic (exact) mass is 490 g/mol. The predicted octanol–water partition coefficient (Wildman–Crippen LogP) is 3.78. The molecule has 3 rings (SSSR count). The van der Waals surface area contributed by atoms with E-state index in [9.17, 15) is 18.0 Å². The van der Waals surface area contributed by atoms with Crippen molar-refractivity contribution in [2.24, 2.45) is 5.92 Å². The third-order valence-corrected chi connectivity index (χ3v) is 8.69. The van der Waals surface area contributed by atoms with Crippen molar-refractivity contribution >= 4 is 45.1 Å². The molecule has 0 spiro atoms. The number of benzene rings is 1. The Morgan fingerprint density at radius 2 is 1.81 bits per heavy atom. The van der Waals surface area contributed by atoms with Gasteiger partial charge in [0, 0.05) is 24.0 Å². The first-order valence-corrected chi connectivity index (χ1v) is 12.8. The van der Waals surface area contributed by atoms with E-state index < -0.39 is 15.6 Å². The van der Waals surface area contributed by atoms with Crippen LogP contribution in [-0.2, 0) is 24.3 Å². The van der Waals surface area contributed by atoms with E-state index in [4.69, 9.17) is 27.9 Å². The lowest BCUT2D eigenvalue weighted by atomic mass is 9.81. The maximum atomic E-state index is 13.0. The number of carbonyl (C=O) groups excluding carboxylic acids is 2. The second-order valence-electron chi connectivity index (χ2n) is 8.11. The number of nitrogens with one attached hydrogen (secondary N) is 1. The maximum Gasteiger partial charge on any atom is 0.331 e. The highest BCUT2D eigenvalue weighted by molar-refractivity contribution is 7.89. The molecule has 1 saturated carbocycles. The van der Waals surface area contributed by atoms with Crippen LogP contribution >= 0.6 is 23.2 Å². The number of amides is 1. The first kappa shape index (κ1) is 24.3. The highest BCUT2D eigenvalue weighted by Gasteiger charge is 2.44. The topological polar surface area (TPSA) is 92.8 Å². The number of nitrogens with zero attached hydrogens (tertiary/aromatic N) is 1. The van der Waals surface area contributed by atoms with Crippen LogP contribution in [0.4, 0.5) is 0 Å². The van der Waals surface area contributed by atoms with Gasteiger partial charge in [0.1, 0.15) is 10.4 Å². The van der Waals surface area contributed by atoms with Gasteiger partial charge in [0.05, 0.1) is 11.6 Å². The molecule has 0 radical (unpaired) electrons. The van der Waals surface area contributed by atoms with E-state index in [1.165, 1.54) is 22.5 Å². The van der Waals surface area contributed by atoms with Gasteiger partial charge in [-0.05, 0) is 50.8 Å². The normalized spacial score (nSPS) is 20.2. The summed E-state index contributed by atoms with van der Waals surface area (Å²) in [6, 6.07) is 4.32. The van der Waals surface area contributed by atoms with Crippen LogP contribution in [0.25, 0.3) is 0 Å². The van der Waals surface area contributed by atoms with Crippen LogP contribution in [0.15, 0.2) is 23.1 Å². The van der Waals surface area contributed by atoms with Crippen LogP contribution in [0.5, 0.6) is 0 Å². The zero-order valence-corrected chi connectivity index (χ0v) is 19.9. The molecule has 0 unspecified atom stereocenters. The summed E-state index contributed by atoms with van der Waals surface area (Å²) in [6.07, 6.45) is 4.60. The Labute approximate surface area is 193 Å². The van der Waals surface area contributed by atoms with Gasteiger partial charge in [0.15, 0.2) is 0 Å². The van der Waals surface area contributed by atoms with Gasteiger partial charge < -0.3 is 10.1 Å².